The summed E-state index contributed by atoms with van der Waals surface area (Å²) in [4.78, 5) is 3.81. The number of ether oxygens (including phenoxy) is 1. The summed E-state index contributed by atoms with van der Waals surface area (Å²) in [6, 6.07) is 1.98. The average Bonchev–Trinajstić information content (AvgIpc) is 2.05. The molecule has 0 aromatic carbocycles. The quantitative estimate of drug-likeness (QED) is 0.713. The Morgan fingerprint density at radius 1 is 1.64 bits per heavy atom. The van der Waals surface area contributed by atoms with Gasteiger partial charge in [-0.1, -0.05) is 0 Å². The molecule has 0 bridgehead atoms. The van der Waals surface area contributed by atoms with Gasteiger partial charge < -0.3 is 4.74 Å². The highest BCUT2D eigenvalue weighted by molar-refractivity contribution is 9.10. The van der Waals surface area contributed by atoms with Gasteiger partial charge in [0.1, 0.15) is 6.07 Å². The number of methoxy groups -OCH3 is 1. The number of nitrogens with zero attached hydrogens (tertiary/aromatic N) is 2. The van der Waals surface area contributed by atoms with E-state index >= 15 is 0 Å². The number of rotatable bonds is 1. The van der Waals surface area contributed by atoms with Gasteiger partial charge in [0.25, 0.3) is 0 Å². The second-order valence-corrected chi connectivity index (χ2v) is 2.61. The molecular weight excluding hydrogens is 208 g/mol. The van der Waals surface area contributed by atoms with Crippen LogP contribution in [0.5, 0.6) is 5.75 Å². The number of aromatic nitrogens is 1. The Hall–Kier alpha value is -1.08. The maximum atomic E-state index is 8.56. The molecule has 0 aliphatic carbocycles. The first-order chi connectivity index (χ1) is 5.29. The van der Waals surface area contributed by atoms with Crippen molar-refractivity contribution in [3.05, 3.63) is 22.4 Å². The lowest BCUT2D eigenvalue weighted by molar-refractivity contribution is 0.410. The van der Waals surface area contributed by atoms with Crippen molar-refractivity contribution in [2.45, 2.75) is 0 Å². The van der Waals surface area contributed by atoms with E-state index < -0.39 is 0 Å². The largest absolute Gasteiger partial charge is 0.494 e. The van der Waals surface area contributed by atoms with Crippen LogP contribution < -0.4 is 4.74 Å². The van der Waals surface area contributed by atoms with E-state index in [1.54, 1.807) is 6.20 Å². The van der Waals surface area contributed by atoms with Gasteiger partial charge in [-0.15, -0.1) is 0 Å². The van der Waals surface area contributed by atoms with Gasteiger partial charge >= 0.3 is 0 Å². The van der Waals surface area contributed by atoms with Crippen molar-refractivity contribution in [2.24, 2.45) is 0 Å². The van der Waals surface area contributed by atoms with Crippen LogP contribution in [0.25, 0.3) is 0 Å². The van der Waals surface area contributed by atoms with Crippen LogP contribution in [0.1, 0.15) is 5.56 Å². The molecule has 11 heavy (non-hydrogen) atoms. The van der Waals surface area contributed by atoms with E-state index in [0.29, 0.717) is 15.8 Å². The summed E-state index contributed by atoms with van der Waals surface area (Å²) in [6.07, 6.45) is 3.03. The van der Waals surface area contributed by atoms with Crippen LogP contribution in [-0.2, 0) is 0 Å². The van der Waals surface area contributed by atoms with Gasteiger partial charge in [0, 0.05) is 6.20 Å². The highest BCUT2D eigenvalue weighted by atomic mass is 79.9. The fraction of sp³-hybridized carbons (Fsp3) is 0.143. The van der Waals surface area contributed by atoms with Crippen LogP contribution in [0.3, 0.4) is 0 Å². The molecule has 1 aromatic heterocycles. The molecule has 1 rings (SSSR count). The molecule has 1 heterocycles. The first kappa shape index (κ1) is 8.02. The Morgan fingerprint density at radius 3 is 2.91 bits per heavy atom. The molecule has 4 heteroatoms. The second-order valence-electron chi connectivity index (χ2n) is 1.82. The monoisotopic (exact) mass is 212 g/mol. The minimum atomic E-state index is 0.476. The summed E-state index contributed by atoms with van der Waals surface area (Å²) in [7, 11) is 1.53. The lowest BCUT2D eigenvalue weighted by Gasteiger charge is -2.01. The lowest BCUT2D eigenvalue weighted by Crippen LogP contribution is -1.88. The zero-order chi connectivity index (χ0) is 8.27. The van der Waals surface area contributed by atoms with Crippen molar-refractivity contribution < 1.29 is 4.74 Å². The summed E-state index contributed by atoms with van der Waals surface area (Å²) in [5.74, 6) is 0.573. The summed E-state index contributed by atoms with van der Waals surface area (Å²) in [5, 5.41) is 8.56. The minimum Gasteiger partial charge on any atom is -0.494 e. The molecule has 0 saturated heterocycles. The first-order valence-corrected chi connectivity index (χ1v) is 3.66. The predicted molar refractivity (Wildman–Crippen MR) is 43.2 cm³/mol. The number of hydrogen-bond donors (Lipinski definition) is 0. The molecule has 0 N–H and O–H groups in total. The van der Waals surface area contributed by atoms with Gasteiger partial charge in [0.2, 0.25) is 0 Å². The average molecular weight is 213 g/mol. The first-order valence-electron chi connectivity index (χ1n) is 2.87. The number of pyridine rings is 1. The van der Waals surface area contributed by atoms with E-state index in [2.05, 4.69) is 20.9 Å². The fourth-order valence-corrected chi connectivity index (χ4v) is 1.10. The zero-order valence-electron chi connectivity index (χ0n) is 5.84. The Bertz CT molecular complexity index is 306. The highest BCUT2D eigenvalue weighted by Gasteiger charge is 2.04. The third-order valence-electron chi connectivity index (χ3n) is 1.19. The van der Waals surface area contributed by atoms with Crippen LogP contribution in [0.2, 0.25) is 0 Å². The Balaban J connectivity index is 3.23. The van der Waals surface area contributed by atoms with Crippen LogP contribution >= 0.6 is 15.9 Å². The van der Waals surface area contributed by atoms with Gasteiger partial charge in [-0.3, -0.25) is 4.98 Å². The molecule has 0 fully saturated rings. The summed E-state index contributed by atoms with van der Waals surface area (Å²) in [6.45, 7) is 0. The summed E-state index contributed by atoms with van der Waals surface area (Å²) in [5.41, 5.74) is 0.476. The van der Waals surface area contributed by atoms with Gasteiger partial charge in [-0.2, -0.15) is 5.26 Å². The van der Waals surface area contributed by atoms with Gasteiger partial charge in [0.05, 0.1) is 23.3 Å². The molecule has 56 valence electrons. The lowest BCUT2D eigenvalue weighted by atomic mass is 10.3. The molecule has 0 radical (unpaired) electrons. The molecule has 1 aromatic rings. The second kappa shape index (κ2) is 3.35. The van der Waals surface area contributed by atoms with Gasteiger partial charge in [-0.05, 0) is 15.9 Å². The molecule has 0 saturated carbocycles. The summed E-state index contributed by atoms with van der Waals surface area (Å²) >= 11 is 3.21. The normalized spacial score (nSPS) is 8.82. The molecule has 0 atom stereocenters. The SMILES string of the molecule is COc1cncc(C#N)c1Br. The zero-order valence-corrected chi connectivity index (χ0v) is 7.42. The van der Waals surface area contributed by atoms with Crippen LogP contribution in [0.15, 0.2) is 16.9 Å². The van der Waals surface area contributed by atoms with E-state index in [0.717, 1.165) is 0 Å². The van der Waals surface area contributed by atoms with Crippen LogP contribution in [0.4, 0.5) is 0 Å². The van der Waals surface area contributed by atoms with E-state index in [1.807, 2.05) is 6.07 Å². The van der Waals surface area contributed by atoms with Gasteiger partial charge in [-0.25, -0.2) is 0 Å². The topological polar surface area (TPSA) is 45.9 Å². The number of halogens is 1. The van der Waals surface area contributed by atoms with E-state index in [-0.39, 0.29) is 0 Å². The van der Waals surface area contributed by atoms with Crippen molar-refractivity contribution >= 4 is 15.9 Å². The highest BCUT2D eigenvalue weighted by Crippen LogP contribution is 2.25. The maximum absolute atomic E-state index is 8.56. The predicted octanol–water partition coefficient (Wildman–Crippen LogP) is 1.72. The maximum Gasteiger partial charge on any atom is 0.152 e. The van der Waals surface area contributed by atoms with Crippen LogP contribution in [-0.4, -0.2) is 12.1 Å². The van der Waals surface area contributed by atoms with Crippen molar-refractivity contribution in [3.63, 3.8) is 0 Å². The van der Waals surface area contributed by atoms with E-state index in [1.165, 1.54) is 13.3 Å². The smallest absolute Gasteiger partial charge is 0.152 e. The Kier molecular flexibility index (Phi) is 2.44. The molecule has 0 amide bonds. The fourth-order valence-electron chi connectivity index (χ4n) is 0.646. The summed E-state index contributed by atoms with van der Waals surface area (Å²) < 4.78 is 5.58. The standard InChI is InChI=1S/C7H5BrN2O/c1-11-6-4-10-3-5(2-9)7(6)8/h3-4H,1H3. The number of hydrogen-bond acceptors (Lipinski definition) is 3. The van der Waals surface area contributed by atoms with Crippen LogP contribution in [0, 0.1) is 11.3 Å². The molecule has 0 unspecified atom stereocenters. The third kappa shape index (κ3) is 1.49. The molecule has 0 spiro atoms. The Labute approximate surface area is 72.8 Å². The van der Waals surface area contributed by atoms with E-state index in [9.17, 15) is 0 Å². The van der Waals surface area contributed by atoms with Crippen molar-refractivity contribution in [2.75, 3.05) is 7.11 Å². The van der Waals surface area contributed by atoms with Crippen molar-refractivity contribution in [1.29, 1.82) is 5.26 Å². The van der Waals surface area contributed by atoms with Crippen molar-refractivity contribution in [3.8, 4) is 11.8 Å². The molecule has 3 nitrogen and oxygen atoms in total. The number of nitriles is 1. The Morgan fingerprint density at radius 2 is 2.36 bits per heavy atom. The van der Waals surface area contributed by atoms with E-state index in [4.69, 9.17) is 10.00 Å². The van der Waals surface area contributed by atoms with Gasteiger partial charge in [0.15, 0.2) is 5.75 Å². The molecule has 0 aliphatic rings. The minimum absolute atomic E-state index is 0.476. The third-order valence-corrected chi connectivity index (χ3v) is 2.01. The molecule has 0 aliphatic heterocycles. The molecular formula is C7H5BrN2O. The van der Waals surface area contributed by atoms with Crippen molar-refractivity contribution in [1.82, 2.24) is 4.98 Å².